The van der Waals surface area contributed by atoms with E-state index >= 15 is 0 Å². The van der Waals surface area contributed by atoms with Crippen LogP contribution in [0.2, 0.25) is 0 Å². The minimum atomic E-state index is -0.555. The zero-order valence-electron chi connectivity index (χ0n) is 21.4. The lowest BCUT2D eigenvalue weighted by Gasteiger charge is -2.36. The topological polar surface area (TPSA) is 118 Å². The third kappa shape index (κ3) is 4.74. The van der Waals surface area contributed by atoms with Crippen molar-refractivity contribution >= 4 is 28.7 Å². The summed E-state index contributed by atoms with van der Waals surface area (Å²) >= 11 is 0. The molecule has 1 aliphatic heterocycles. The van der Waals surface area contributed by atoms with Gasteiger partial charge in [0.15, 0.2) is 5.58 Å². The summed E-state index contributed by atoms with van der Waals surface area (Å²) in [5.74, 6) is -0.371. The number of nitrogens with zero attached hydrogens (tertiary/aromatic N) is 6. The maximum Gasteiger partial charge on any atom is 0.414 e. The Hall–Kier alpha value is -3.99. The molecule has 0 spiro atoms. The number of rotatable bonds is 7. The Morgan fingerprint density at radius 2 is 1.92 bits per heavy atom. The van der Waals surface area contributed by atoms with Crippen molar-refractivity contribution in [2.45, 2.75) is 45.3 Å². The van der Waals surface area contributed by atoms with Crippen molar-refractivity contribution in [3.05, 3.63) is 48.2 Å². The predicted molar refractivity (Wildman–Crippen MR) is 135 cm³/mol. The molecule has 0 saturated carbocycles. The molecule has 4 aromatic heterocycles. The first-order chi connectivity index (χ1) is 17.9. The SMILES string of the molecule is CCOC(=O)N(c1c(C(=O)c2cnn(C)c2)oc2ccc(-c3cnn(C)c3)nc12)[C@H]1CCO[C@@H](CC)C1. The number of furan rings is 1. The third-order valence-electron chi connectivity index (χ3n) is 6.55. The van der Waals surface area contributed by atoms with Gasteiger partial charge in [0.2, 0.25) is 11.5 Å². The summed E-state index contributed by atoms with van der Waals surface area (Å²) in [5.41, 5.74) is 2.89. The van der Waals surface area contributed by atoms with E-state index < -0.39 is 11.9 Å². The lowest BCUT2D eigenvalue weighted by atomic mass is 9.99. The van der Waals surface area contributed by atoms with E-state index in [9.17, 15) is 9.59 Å². The maximum absolute atomic E-state index is 13.7. The zero-order chi connectivity index (χ0) is 26.1. The van der Waals surface area contributed by atoms with Gasteiger partial charge in [0.25, 0.3) is 0 Å². The van der Waals surface area contributed by atoms with Crippen LogP contribution >= 0.6 is 0 Å². The Morgan fingerprint density at radius 1 is 1.14 bits per heavy atom. The van der Waals surface area contributed by atoms with Gasteiger partial charge in [-0.05, 0) is 38.3 Å². The average molecular weight is 507 g/mol. The molecule has 0 aromatic carbocycles. The van der Waals surface area contributed by atoms with Gasteiger partial charge in [0, 0.05) is 44.7 Å². The second kappa shape index (κ2) is 10.2. The Morgan fingerprint density at radius 3 is 2.59 bits per heavy atom. The second-order valence-electron chi connectivity index (χ2n) is 9.11. The molecule has 0 N–H and O–H groups in total. The highest BCUT2D eigenvalue weighted by Crippen LogP contribution is 2.39. The summed E-state index contributed by atoms with van der Waals surface area (Å²) in [6, 6.07) is 3.31. The van der Waals surface area contributed by atoms with Crippen molar-refractivity contribution in [2.75, 3.05) is 18.1 Å². The van der Waals surface area contributed by atoms with Gasteiger partial charge in [-0.2, -0.15) is 10.2 Å². The Balaban J connectivity index is 1.72. The zero-order valence-corrected chi connectivity index (χ0v) is 21.4. The molecule has 0 radical (unpaired) electrons. The summed E-state index contributed by atoms with van der Waals surface area (Å²) in [6.07, 6.45) is 8.09. The van der Waals surface area contributed by atoms with Gasteiger partial charge in [-0.1, -0.05) is 6.92 Å². The molecule has 4 aromatic rings. The molecule has 194 valence electrons. The molecule has 37 heavy (non-hydrogen) atoms. The minimum absolute atomic E-state index is 0.00905. The molecule has 1 amide bonds. The molecule has 11 heteroatoms. The Labute approximate surface area is 214 Å². The monoisotopic (exact) mass is 506 g/mol. The number of carbonyl (C=O) groups excluding carboxylic acids is 2. The van der Waals surface area contributed by atoms with E-state index in [1.165, 1.54) is 6.20 Å². The first-order valence-electron chi connectivity index (χ1n) is 12.4. The van der Waals surface area contributed by atoms with Crippen LogP contribution in [0.3, 0.4) is 0 Å². The first-order valence-corrected chi connectivity index (χ1v) is 12.4. The number of amides is 1. The highest BCUT2D eigenvalue weighted by atomic mass is 16.6. The molecule has 1 aliphatic rings. The van der Waals surface area contributed by atoms with Crippen LogP contribution in [0, 0.1) is 0 Å². The molecular formula is C26H30N6O5. The fourth-order valence-corrected chi connectivity index (χ4v) is 4.72. The summed E-state index contributed by atoms with van der Waals surface area (Å²) in [5, 5.41) is 8.37. The van der Waals surface area contributed by atoms with E-state index in [-0.39, 0.29) is 24.5 Å². The van der Waals surface area contributed by atoms with Crippen molar-refractivity contribution in [1.82, 2.24) is 24.5 Å². The average Bonchev–Trinajstić information content (AvgIpc) is 3.62. The molecular weight excluding hydrogens is 476 g/mol. The van der Waals surface area contributed by atoms with Crippen molar-refractivity contribution < 1.29 is 23.5 Å². The third-order valence-corrected chi connectivity index (χ3v) is 6.55. The molecule has 1 fully saturated rings. The van der Waals surface area contributed by atoms with Gasteiger partial charge in [-0.15, -0.1) is 0 Å². The number of aromatic nitrogens is 5. The minimum Gasteiger partial charge on any atom is -0.449 e. The van der Waals surface area contributed by atoms with Gasteiger partial charge >= 0.3 is 6.09 Å². The van der Waals surface area contributed by atoms with E-state index in [0.717, 1.165) is 12.0 Å². The van der Waals surface area contributed by atoms with Crippen LogP contribution < -0.4 is 4.90 Å². The Bertz CT molecular complexity index is 1440. The quantitative estimate of drug-likeness (QED) is 0.344. The maximum atomic E-state index is 13.7. The van der Waals surface area contributed by atoms with Crippen LogP contribution in [0.4, 0.5) is 10.5 Å². The molecule has 11 nitrogen and oxygen atoms in total. The standard InChI is InChI=1S/C26H30N6O5/c1-5-19-11-18(9-10-36-19)32(26(34)35-6-2)23-22-21(8-7-20(29-22)16-12-27-30(3)14-16)37-25(23)24(33)17-13-28-31(4)15-17/h7-8,12-15,18-19H,5-6,9-11H2,1-4H3/t18-,19-/m0/s1. The highest BCUT2D eigenvalue weighted by molar-refractivity contribution is 6.16. The van der Waals surface area contributed by atoms with Crippen LogP contribution in [0.25, 0.3) is 22.4 Å². The van der Waals surface area contributed by atoms with Crippen LogP contribution in [0.1, 0.15) is 49.2 Å². The second-order valence-corrected chi connectivity index (χ2v) is 9.11. The van der Waals surface area contributed by atoms with E-state index in [0.29, 0.717) is 47.5 Å². The number of aryl methyl sites for hydroxylation is 2. The van der Waals surface area contributed by atoms with Crippen LogP contribution in [-0.2, 0) is 23.6 Å². The van der Waals surface area contributed by atoms with Crippen molar-refractivity contribution in [3.8, 4) is 11.3 Å². The van der Waals surface area contributed by atoms with Crippen molar-refractivity contribution in [1.29, 1.82) is 0 Å². The first kappa shape index (κ1) is 24.7. The highest BCUT2D eigenvalue weighted by Gasteiger charge is 2.38. The van der Waals surface area contributed by atoms with E-state index in [1.54, 1.807) is 52.8 Å². The fraction of sp³-hybridized carbons (Fsp3) is 0.423. The molecule has 0 unspecified atom stereocenters. The van der Waals surface area contributed by atoms with Crippen LogP contribution in [0.5, 0.6) is 0 Å². The van der Waals surface area contributed by atoms with E-state index in [4.69, 9.17) is 18.9 Å². The molecule has 1 saturated heterocycles. The number of anilines is 1. The van der Waals surface area contributed by atoms with Crippen LogP contribution in [0.15, 0.2) is 41.3 Å². The van der Waals surface area contributed by atoms with Gasteiger partial charge in [0.05, 0.1) is 36.4 Å². The largest absolute Gasteiger partial charge is 0.449 e. The van der Waals surface area contributed by atoms with Crippen molar-refractivity contribution in [3.63, 3.8) is 0 Å². The summed E-state index contributed by atoms with van der Waals surface area (Å²) in [4.78, 5) is 33.6. The summed E-state index contributed by atoms with van der Waals surface area (Å²) < 4.78 is 20.7. The normalized spacial score (nSPS) is 17.7. The molecule has 0 bridgehead atoms. The van der Waals surface area contributed by atoms with Gasteiger partial charge < -0.3 is 13.9 Å². The predicted octanol–water partition coefficient (Wildman–Crippen LogP) is 4.11. The van der Waals surface area contributed by atoms with Crippen molar-refractivity contribution in [2.24, 2.45) is 14.1 Å². The van der Waals surface area contributed by atoms with Crippen LogP contribution in [-0.4, -0.2) is 61.8 Å². The Kier molecular flexibility index (Phi) is 6.79. The number of pyridine rings is 1. The number of fused-ring (bicyclic) bond motifs is 1. The number of hydrogen-bond donors (Lipinski definition) is 0. The number of ketones is 1. The number of hydrogen-bond acceptors (Lipinski definition) is 8. The molecule has 2 atom stereocenters. The number of carbonyl (C=O) groups is 2. The summed E-state index contributed by atoms with van der Waals surface area (Å²) in [7, 11) is 3.56. The molecule has 0 aliphatic carbocycles. The molecule has 5 heterocycles. The lowest BCUT2D eigenvalue weighted by Crippen LogP contribution is -2.46. The van der Waals surface area contributed by atoms with Gasteiger partial charge in [-0.3, -0.25) is 19.1 Å². The van der Waals surface area contributed by atoms with Gasteiger partial charge in [0.1, 0.15) is 11.2 Å². The lowest BCUT2D eigenvalue weighted by molar-refractivity contribution is 0.00467. The number of ether oxygens (including phenoxy) is 2. The molecule has 5 rings (SSSR count). The summed E-state index contributed by atoms with van der Waals surface area (Å²) in [6.45, 7) is 4.48. The van der Waals surface area contributed by atoms with Gasteiger partial charge in [-0.25, -0.2) is 9.78 Å². The van der Waals surface area contributed by atoms with E-state index in [2.05, 4.69) is 10.2 Å². The van der Waals surface area contributed by atoms with E-state index in [1.807, 2.05) is 20.2 Å². The fourth-order valence-electron chi connectivity index (χ4n) is 4.72. The smallest absolute Gasteiger partial charge is 0.414 e.